The van der Waals surface area contributed by atoms with Gasteiger partial charge in [0.15, 0.2) is 0 Å². The zero-order valence-corrected chi connectivity index (χ0v) is 10.8. The maximum absolute atomic E-state index is 13.6. The largest absolute Gasteiger partial charge is 0.349 e. The molecule has 0 heterocycles. The van der Waals surface area contributed by atoms with Gasteiger partial charge in [0.1, 0.15) is 5.82 Å². The van der Waals surface area contributed by atoms with Crippen LogP contribution in [0.25, 0.3) is 0 Å². The lowest BCUT2D eigenvalue weighted by Crippen LogP contribution is -2.40. The van der Waals surface area contributed by atoms with Gasteiger partial charge >= 0.3 is 0 Å². The van der Waals surface area contributed by atoms with E-state index >= 15 is 0 Å². The molecule has 2 rings (SSSR count). The predicted molar refractivity (Wildman–Crippen MR) is 70.8 cm³/mol. The molecule has 1 aliphatic carbocycles. The number of amides is 1. The van der Waals surface area contributed by atoms with E-state index in [2.05, 4.69) is 5.32 Å². The molecule has 0 aromatic heterocycles. The number of hydrogen-bond acceptors (Lipinski definition) is 4. The molecule has 0 unspecified atom stereocenters. The minimum atomic E-state index is -0.763. The number of carbonyl (C=O) groups is 1. The minimum Gasteiger partial charge on any atom is -0.349 e. The Morgan fingerprint density at radius 3 is 2.60 bits per heavy atom. The minimum absolute atomic E-state index is 0.0547. The van der Waals surface area contributed by atoms with Crippen LogP contribution >= 0.6 is 0 Å². The first-order chi connectivity index (χ1) is 9.47. The Morgan fingerprint density at radius 1 is 1.35 bits per heavy atom. The van der Waals surface area contributed by atoms with Crippen LogP contribution in [0, 0.1) is 15.9 Å². The Morgan fingerprint density at radius 2 is 2.00 bits per heavy atom. The number of benzene rings is 1. The number of halogens is 1. The average Bonchev–Trinajstić information content (AvgIpc) is 2.41. The van der Waals surface area contributed by atoms with Gasteiger partial charge in [-0.15, -0.1) is 0 Å². The second-order valence-electron chi connectivity index (χ2n) is 5.01. The fourth-order valence-corrected chi connectivity index (χ4v) is 2.33. The standard InChI is InChI=1S/C13H16FN3O3/c14-12-6-5-10(17(19)20)7-11(12)13(18)16-9-3-1-8(15)2-4-9/h5-9H,1-4,15H2,(H,16,18). The number of rotatable bonds is 3. The van der Waals surface area contributed by atoms with E-state index in [0.29, 0.717) is 0 Å². The van der Waals surface area contributed by atoms with Crippen molar-refractivity contribution >= 4 is 11.6 Å². The van der Waals surface area contributed by atoms with Crippen LogP contribution in [0.5, 0.6) is 0 Å². The van der Waals surface area contributed by atoms with Crippen molar-refractivity contribution in [3.05, 3.63) is 39.7 Å². The fourth-order valence-electron chi connectivity index (χ4n) is 2.33. The van der Waals surface area contributed by atoms with Crippen LogP contribution < -0.4 is 11.1 Å². The monoisotopic (exact) mass is 281 g/mol. The topological polar surface area (TPSA) is 98.3 Å². The number of nitro benzene ring substituents is 1. The number of hydrogen-bond donors (Lipinski definition) is 2. The van der Waals surface area contributed by atoms with Gasteiger partial charge in [-0.3, -0.25) is 14.9 Å². The van der Waals surface area contributed by atoms with Gasteiger partial charge in [-0.25, -0.2) is 4.39 Å². The summed E-state index contributed by atoms with van der Waals surface area (Å²) in [7, 11) is 0. The lowest BCUT2D eigenvalue weighted by atomic mass is 9.91. The Bertz CT molecular complexity index is 528. The van der Waals surface area contributed by atoms with Crippen molar-refractivity contribution < 1.29 is 14.1 Å². The van der Waals surface area contributed by atoms with Crippen molar-refractivity contribution in [2.45, 2.75) is 37.8 Å². The van der Waals surface area contributed by atoms with E-state index in [1.165, 1.54) is 0 Å². The molecule has 0 radical (unpaired) electrons. The normalized spacial score (nSPS) is 22.3. The van der Waals surface area contributed by atoms with E-state index in [9.17, 15) is 19.3 Å². The summed E-state index contributed by atoms with van der Waals surface area (Å²) in [6, 6.07) is 3.02. The highest BCUT2D eigenvalue weighted by Gasteiger charge is 2.23. The van der Waals surface area contributed by atoms with Crippen molar-refractivity contribution in [1.29, 1.82) is 0 Å². The van der Waals surface area contributed by atoms with Crippen molar-refractivity contribution in [3.8, 4) is 0 Å². The third-order valence-corrected chi connectivity index (χ3v) is 3.51. The molecule has 7 heteroatoms. The van der Waals surface area contributed by atoms with Crippen LogP contribution in [-0.2, 0) is 0 Å². The van der Waals surface area contributed by atoms with Crippen molar-refractivity contribution in [3.63, 3.8) is 0 Å². The van der Waals surface area contributed by atoms with E-state index in [1.54, 1.807) is 0 Å². The quantitative estimate of drug-likeness (QED) is 0.651. The number of carbonyl (C=O) groups excluding carboxylic acids is 1. The summed E-state index contributed by atoms with van der Waals surface area (Å²) in [4.78, 5) is 22.0. The average molecular weight is 281 g/mol. The van der Waals surface area contributed by atoms with Crippen molar-refractivity contribution in [2.24, 2.45) is 5.73 Å². The molecule has 6 nitrogen and oxygen atoms in total. The Labute approximate surface area is 115 Å². The van der Waals surface area contributed by atoms with E-state index in [1.807, 2.05) is 0 Å². The van der Waals surface area contributed by atoms with Crippen LogP contribution in [0.3, 0.4) is 0 Å². The van der Waals surface area contributed by atoms with Crippen LogP contribution in [0.15, 0.2) is 18.2 Å². The second-order valence-corrected chi connectivity index (χ2v) is 5.01. The molecule has 108 valence electrons. The molecule has 0 spiro atoms. The molecule has 0 aliphatic heterocycles. The molecule has 0 atom stereocenters. The van der Waals surface area contributed by atoms with E-state index < -0.39 is 16.6 Å². The molecule has 1 aromatic carbocycles. The highest BCUT2D eigenvalue weighted by molar-refractivity contribution is 5.95. The third-order valence-electron chi connectivity index (χ3n) is 3.51. The summed E-state index contributed by atoms with van der Waals surface area (Å²) >= 11 is 0. The first-order valence-corrected chi connectivity index (χ1v) is 6.47. The molecule has 0 saturated heterocycles. The summed E-state index contributed by atoms with van der Waals surface area (Å²) < 4.78 is 13.6. The zero-order valence-electron chi connectivity index (χ0n) is 10.8. The summed E-state index contributed by atoms with van der Waals surface area (Å²) in [5, 5.41) is 13.4. The highest BCUT2D eigenvalue weighted by Crippen LogP contribution is 2.20. The summed E-state index contributed by atoms with van der Waals surface area (Å²) in [6.45, 7) is 0. The van der Waals surface area contributed by atoms with Gasteiger partial charge < -0.3 is 11.1 Å². The first-order valence-electron chi connectivity index (χ1n) is 6.47. The molecule has 1 saturated carbocycles. The van der Waals surface area contributed by atoms with E-state index in [-0.39, 0.29) is 23.3 Å². The molecule has 1 aromatic rings. The lowest BCUT2D eigenvalue weighted by molar-refractivity contribution is -0.384. The van der Waals surface area contributed by atoms with Crippen LogP contribution in [0.2, 0.25) is 0 Å². The highest BCUT2D eigenvalue weighted by atomic mass is 19.1. The summed E-state index contributed by atoms with van der Waals surface area (Å²) in [6.07, 6.45) is 3.09. The van der Waals surface area contributed by atoms with Crippen LogP contribution in [0.1, 0.15) is 36.0 Å². The Hall–Kier alpha value is -2.02. The molecule has 3 N–H and O–H groups in total. The van der Waals surface area contributed by atoms with Gasteiger partial charge in [-0.2, -0.15) is 0 Å². The molecule has 20 heavy (non-hydrogen) atoms. The molecular weight excluding hydrogens is 265 g/mol. The first kappa shape index (κ1) is 14.4. The molecule has 1 aliphatic rings. The van der Waals surface area contributed by atoms with Gasteiger partial charge in [0.2, 0.25) is 0 Å². The van der Waals surface area contributed by atoms with Crippen LogP contribution in [0.4, 0.5) is 10.1 Å². The van der Waals surface area contributed by atoms with Gasteiger partial charge in [0.25, 0.3) is 11.6 Å². The molecule has 1 fully saturated rings. The van der Waals surface area contributed by atoms with Crippen molar-refractivity contribution in [2.75, 3.05) is 0 Å². The summed E-state index contributed by atoms with van der Waals surface area (Å²) in [5.74, 6) is -1.38. The smallest absolute Gasteiger partial charge is 0.270 e. The zero-order chi connectivity index (χ0) is 14.7. The molecular formula is C13H16FN3O3. The summed E-state index contributed by atoms with van der Waals surface area (Å²) in [5.41, 5.74) is 5.17. The number of nitrogens with two attached hydrogens (primary N) is 1. The van der Waals surface area contributed by atoms with Crippen molar-refractivity contribution in [1.82, 2.24) is 5.32 Å². The molecule has 1 amide bonds. The maximum atomic E-state index is 13.6. The van der Waals surface area contributed by atoms with Gasteiger partial charge in [0.05, 0.1) is 10.5 Å². The second kappa shape index (κ2) is 5.96. The van der Waals surface area contributed by atoms with E-state index in [4.69, 9.17) is 5.73 Å². The van der Waals surface area contributed by atoms with Crippen LogP contribution in [-0.4, -0.2) is 22.9 Å². The number of non-ortho nitro benzene ring substituents is 1. The fraction of sp³-hybridized carbons (Fsp3) is 0.462. The van der Waals surface area contributed by atoms with E-state index in [0.717, 1.165) is 43.9 Å². The number of nitro groups is 1. The lowest BCUT2D eigenvalue weighted by Gasteiger charge is -2.26. The van der Waals surface area contributed by atoms with Gasteiger partial charge in [0, 0.05) is 24.2 Å². The third kappa shape index (κ3) is 3.30. The predicted octanol–water partition coefficient (Wildman–Crippen LogP) is 1.73. The SMILES string of the molecule is NC1CCC(NC(=O)c2cc([N+](=O)[O-])ccc2F)CC1. The number of nitrogens with one attached hydrogen (secondary N) is 1. The molecule has 0 bridgehead atoms. The Balaban J connectivity index is 2.08. The number of nitrogens with zero attached hydrogens (tertiary/aromatic N) is 1. The maximum Gasteiger partial charge on any atom is 0.270 e. The Kier molecular flexibility index (Phi) is 4.29. The van der Waals surface area contributed by atoms with Gasteiger partial charge in [-0.05, 0) is 31.7 Å². The van der Waals surface area contributed by atoms with Gasteiger partial charge in [-0.1, -0.05) is 0 Å².